The lowest BCUT2D eigenvalue weighted by atomic mass is 9.65. The molecule has 0 rings (SSSR count). The van der Waals surface area contributed by atoms with E-state index < -0.39 is 0 Å². The van der Waals surface area contributed by atoms with Crippen LogP contribution in [0.1, 0.15) is 87.5 Å². The monoisotopic (exact) mass is 226 g/mol. The molecular formula is C16H34. The summed E-state index contributed by atoms with van der Waals surface area (Å²) in [5.74, 6) is 0. The zero-order valence-corrected chi connectivity index (χ0v) is 13.0. The quantitative estimate of drug-likeness (QED) is 0.517. The minimum atomic E-state index is 0.451. The fourth-order valence-corrected chi connectivity index (χ4v) is 3.51. The number of rotatable bonds is 6. The highest BCUT2D eigenvalue weighted by Crippen LogP contribution is 2.45. The number of hydrogen-bond acceptors (Lipinski definition) is 0. The second-order valence-electron chi connectivity index (χ2n) is 7.99. The molecule has 0 aliphatic rings. The molecule has 0 aromatic carbocycles. The summed E-state index contributed by atoms with van der Waals surface area (Å²) < 4.78 is 0. The topological polar surface area (TPSA) is 0 Å². The predicted molar refractivity (Wildman–Crippen MR) is 75.8 cm³/mol. The van der Waals surface area contributed by atoms with Gasteiger partial charge < -0.3 is 0 Å². The normalized spacial score (nSPS) is 17.2. The van der Waals surface area contributed by atoms with E-state index in [1.165, 1.54) is 32.1 Å². The van der Waals surface area contributed by atoms with Gasteiger partial charge in [0.2, 0.25) is 0 Å². The van der Waals surface area contributed by atoms with Crippen LogP contribution in [-0.2, 0) is 0 Å². The van der Waals surface area contributed by atoms with Crippen LogP contribution in [0.25, 0.3) is 0 Å². The van der Waals surface area contributed by atoms with E-state index in [0.717, 1.165) is 0 Å². The van der Waals surface area contributed by atoms with Gasteiger partial charge >= 0.3 is 0 Å². The van der Waals surface area contributed by atoms with E-state index in [1.807, 2.05) is 0 Å². The van der Waals surface area contributed by atoms with Gasteiger partial charge in [-0.1, -0.05) is 68.2 Å². The lowest BCUT2D eigenvalue weighted by Gasteiger charge is -2.41. The summed E-state index contributed by atoms with van der Waals surface area (Å²) in [6, 6.07) is 0. The Labute approximate surface area is 104 Å². The molecule has 1 atom stereocenters. The van der Waals surface area contributed by atoms with E-state index in [1.54, 1.807) is 0 Å². The zero-order valence-electron chi connectivity index (χ0n) is 13.0. The molecule has 0 aromatic heterocycles. The molecule has 0 bridgehead atoms. The summed E-state index contributed by atoms with van der Waals surface area (Å²) in [6.07, 6.45) is 6.66. The van der Waals surface area contributed by atoms with E-state index >= 15 is 0 Å². The molecule has 0 aliphatic carbocycles. The van der Waals surface area contributed by atoms with Gasteiger partial charge in [0.1, 0.15) is 0 Å². The van der Waals surface area contributed by atoms with Crippen LogP contribution < -0.4 is 0 Å². The van der Waals surface area contributed by atoms with Crippen molar-refractivity contribution in [2.24, 2.45) is 16.2 Å². The van der Waals surface area contributed by atoms with E-state index in [4.69, 9.17) is 0 Å². The molecule has 0 saturated heterocycles. The Bertz CT molecular complexity index is 195. The van der Waals surface area contributed by atoms with Crippen molar-refractivity contribution < 1.29 is 0 Å². The summed E-state index contributed by atoms with van der Waals surface area (Å²) in [6.45, 7) is 19.1. The maximum Gasteiger partial charge on any atom is -0.0318 e. The van der Waals surface area contributed by atoms with Gasteiger partial charge in [0, 0.05) is 0 Å². The van der Waals surface area contributed by atoms with Crippen LogP contribution in [0.4, 0.5) is 0 Å². The Morgan fingerprint density at radius 2 is 1.25 bits per heavy atom. The smallest absolute Gasteiger partial charge is 0.0318 e. The minimum Gasteiger partial charge on any atom is -0.0654 e. The molecule has 0 aromatic rings. The molecule has 98 valence electrons. The fourth-order valence-electron chi connectivity index (χ4n) is 3.51. The number of hydrogen-bond donors (Lipinski definition) is 0. The van der Waals surface area contributed by atoms with Gasteiger partial charge in [-0.3, -0.25) is 0 Å². The Hall–Kier alpha value is 0. The molecule has 0 N–H and O–H groups in total. The van der Waals surface area contributed by atoms with Crippen molar-refractivity contribution in [3.8, 4) is 0 Å². The van der Waals surface area contributed by atoms with E-state index in [-0.39, 0.29) is 0 Å². The minimum absolute atomic E-state index is 0.451. The lowest BCUT2D eigenvalue weighted by Crippen LogP contribution is -2.29. The Balaban J connectivity index is 4.59. The van der Waals surface area contributed by atoms with E-state index in [2.05, 4.69) is 55.4 Å². The van der Waals surface area contributed by atoms with Gasteiger partial charge in [0.15, 0.2) is 0 Å². The first kappa shape index (κ1) is 16.0. The van der Waals surface area contributed by atoms with Crippen LogP contribution in [-0.4, -0.2) is 0 Å². The van der Waals surface area contributed by atoms with Gasteiger partial charge in [-0.15, -0.1) is 0 Å². The van der Waals surface area contributed by atoms with Gasteiger partial charge in [-0.2, -0.15) is 0 Å². The van der Waals surface area contributed by atoms with Gasteiger partial charge in [0.25, 0.3) is 0 Å². The molecule has 0 fully saturated rings. The fraction of sp³-hybridized carbons (Fsp3) is 1.00. The summed E-state index contributed by atoms with van der Waals surface area (Å²) in [4.78, 5) is 0. The van der Waals surface area contributed by atoms with E-state index in [0.29, 0.717) is 16.2 Å². The third-order valence-electron chi connectivity index (χ3n) is 3.64. The van der Waals surface area contributed by atoms with Gasteiger partial charge in [-0.25, -0.2) is 0 Å². The maximum absolute atomic E-state index is 2.48. The molecule has 0 aliphatic heterocycles. The van der Waals surface area contributed by atoms with Crippen molar-refractivity contribution in [1.29, 1.82) is 0 Å². The largest absolute Gasteiger partial charge is 0.0654 e. The standard InChI is InChI=1S/C16H34/c1-9-11-15(6,7)13-16(8,10-2)12-14(3,4)5/h9-13H2,1-8H3. The summed E-state index contributed by atoms with van der Waals surface area (Å²) in [5.41, 5.74) is 1.47. The highest BCUT2D eigenvalue weighted by Gasteiger charge is 2.33. The second kappa shape index (κ2) is 5.56. The molecule has 16 heavy (non-hydrogen) atoms. The molecule has 0 saturated carbocycles. The average Bonchev–Trinajstić information content (AvgIpc) is 1.98. The van der Waals surface area contributed by atoms with Crippen molar-refractivity contribution in [1.82, 2.24) is 0 Å². The summed E-state index contributed by atoms with van der Waals surface area (Å²) in [7, 11) is 0. The highest BCUT2D eigenvalue weighted by molar-refractivity contribution is 4.85. The Morgan fingerprint density at radius 3 is 1.56 bits per heavy atom. The van der Waals surface area contributed by atoms with Crippen LogP contribution in [0, 0.1) is 16.2 Å². The first-order valence-corrected chi connectivity index (χ1v) is 7.04. The average molecular weight is 226 g/mol. The van der Waals surface area contributed by atoms with Crippen molar-refractivity contribution >= 4 is 0 Å². The molecule has 0 heterocycles. The third kappa shape index (κ3) is 6.55. The molecule has 0 radical (unpaired) electrons. The second-order valence-corrected chi connectivity index (χ2v) is 7.99. The molecular weight excluding hydrogens is 192 g/mol. The van der Waals surface area contributed by atoms with Crippen molar-refractivity contribution in [2.75, 3.05) is 0 Å². The SMILES string of the molecule is CCCC(C)(C)CC(C)(CC)CC(C)(C)C. The highest BCUT2D eigenvalue weighted by atomic mass is 14.4. The molecule has 0 heteroatoms. The maximum atomic E-state index is 2.48. The first-order chi connectivity index (χ1) is 7.04. The molecule has 1 unspecified atom stereocenters. The van der Waals surface area contributed by atoms with Crippen molar-refractivity contribution in [2.45, 2.75) is 87.5 Å². The molecule has 0 spiro atoms. The van der Waals surface area contributed by atoms with E-state index in [9.17, 15) is 0 Å². The van der Waals surface area contributed by atoms with Crippen molar-refractivity contribution in [3.05, 3.63) is 0 Å². The summed E-state index contributed by atoms with van der Waals surface area (Å²) in [5, 5.41) is 0. The van der Waals surface area contributed by atoms with Crippen LogP contribution >= 0.6 is 0 Å². The van der Waals surface area contributed by atoms with Crippen LogP contribution in [0.5, 0.6) is 0 Å². The first-order valence-electron chi connectivity index (χ1n) is 7.04. The van der Waals surface area contributed by atoms with Crippen LogP contribution in [0.3, 0.4) is 0 Å². The van der Waals surface area contributed by atoms with Crippen LogP contribution in [0.15, 0.2) is 0 Å². The zero-order chi connectivity index (χ0) is 13.0. The Morgan fingerprint density at radius 1 is 0.750 bits per heavy atom. The molecule has 0 nitrogen and oxygen atoms in total. The van der Waals surface area contributed by atoms with Gasteiger partial charge in [-0.05, 0) is 35.5 Å². The Kier molecular flexibility index (Phi) is 5.56. The predicted octanol–water partition coefficient (Wildman–Crippen LogP) is 6.06. The lowest BCUT2D eigenvalue weighted by molar-refractivity contribution is 0.105. The van der Waals surface area contributed by atoms with Crippen LogP contribution in [0.2, 0.25) is 0 Å². The van der Waals surface area contributed by atoms with Crippen molar-refractivity contribution in [3.63, 3.8) is 0 Å². The third-order valence-corrected chi connectivity index (χ3v) is 3.64. The summed E-state index contributed by atoms with van der Waals surface area (Å²) >= 11 is 0. The molecule has 0 amide bonds. The van der Waals surface area contributed by atoms with Gasteiger partial charge in [0.05, 0.1) is 0 Å².